The first kappa shape index (κ1) is 14.1. The summed E-state index contributed by atoms with van der Waals surface area (Å²) < 4.78 is 28.5. The van der Waals surface area contributed by atoms with Crippen molar-refractivity contribution < 1.29 is 13.2 Å². The van der Waals surface area contributed by atoms with Gasteiger partial charge < -0.3 is 15.4 Å². The van der Waals surface area contributed by atoms with Gasteiger partial charge in [-0.3, -0.25) is 0 Å². The average Bonchev–Trinajstić information content (AvgIpc) is 2.76. The molecular formula is C13H20N2O3S. The zero-order valence-corrected chi connectivity index (χ0v) is 12.1. The molecular weight excluding hydrogens is 264 g/mol. The van der Waals surface area contributed by atoms with E-state index in [2.05, 4.69) is 4.90 Å². The summed E-state index contributed by atoms with van der Waals surface area (Å²) >= 11 is 0. The summed E-state index contributed by atoms with van der Waals surface area (Å²) in [6.45, 7) is 2.46. The van der Waals surface area contributed by atoms with Gasteiger partial charge in [0, 0.05) is 32.4 Å². The molecule has 1 fully saturated rings. The van der Waals surface area contributed by atoms with E-state index in [9.17, 15) is 8.42 Å². The smallest absolute Gasteiger partial charge is 0.177 e. The quantitative estimate of drug-likeness (QED) is 0.840. The second-order valence-electron chi connectivity index (χ2n) is 5.02. The monoisotopic (exact) mass is 284 g/mol. The van der Waals surface area contributed by atoms with Crippen LogP contribution >= 0.6 is 0 Å². The molecule has 2 N–H and O–H groups in total. The van der Waals surface area contributed by atoms with Gasteiger partial charge in [-0.15, -0.1) is 0 Å². The zero-order chi connectivity index (χ0) is 14.0. The Morgan fingerprint density at radius 3 is 2.84 bits per heavy atom. The molecule has 1 aliphatic heterocycles. The van der Waals surface area contributed by atoms with E-state index < -0.39 is 9.84 Å². The third kappa shape index (κ3) is 3.01. The topological polar surface area (TPSA) is 72.6 Å². The van der Waals surface area contributed by atoms with Gasteiger partial charge in [0.1, 0.15) is 0 Å². The first-order valence-corrected chi connectivity index (χ1v) is 8.15. The fourth-order valence-corrected chi connectivity index (χ4v) is 3.38. The van der Waals surface area contributed by atoms with Crippen LogP contribution in [0.2, 0.25) is 0 Å². The van der Waals surface area contributed by atoms with Gasteiger partial charge in [-0.1, -0.05) is 6.07 Å². The molecule has 1 heterocycles. The number of nitrogen functional groups attached to an aromatic ring is 1. The summed E-state index contributed by atoms with van der Waals surface area (Å²) in [4.78, 5) is 2.34. The highest BCUT2D eigenvalue weighted by atomic mass is 32.2. The molecule has 1 aliphatic rings. The van der Waals surface area contributed by atoms with E-state index in [1.54, 1.807) is 19.2 Å². The Balaban J connectivity index is 2.27. The van der Waals surface area contributed by atoms with E-state index in [0.29, 0.717) is 11.6 Å². The number of hydrogen-bond acceptors (Lipinski definition) is 5. The van der Waals surface area contributed by atoms with Gasteiger partial charge in [-0.25, -0.2) is 8.42 Å². The van der Waals surface area contributed by atoms with E-state index in [1.165, 1.54) is 6.26 Å². The van der Waals surface area contributed by atoms with Crippen molar-refractivity contribution in [2.75, 3.05) is 43.7 Å². The predicted molar refractivity (Wildman–Crippen MR) is 76.2 cm³/mol. The molecule has 5 nitrogen and oxygen atoms in total. The number of rotatable bonds is 4. The number of anilines is 2. The van der Waals surface area contributed by atoms with E-state index in [-0.39, 0.29) is 4.90 Å². The average molecular weight is 284 g/mol. The number of nitrogens with zero attached hydrogens (tertiary/aromatic N) is 1. The summed E-state index contributed by atoms with van der Waals surface area (Å²) in [5, 5.41) is 0. The summed E-state index contributed by atoms with van der Waals surface area (Å²) in [6, 6.07) is 5.17. The van der Waals surface area contributed by atoms with Crippen molar-refractivity contribution in [2.24, 2.45) is 5.92 Å². The van der Waals surface area contributed by atoms with Crippen molar-refractivity contribution in [2.45, 2.75) is 11.3 Å². The Hall–Kier alpha value is -1.27. The van der Waals surface area contributed by atoms with Crippen molar-refractivity contribution in [3.05, 3.63) is 18.2 Å². The number of para-hydroxylation sites is 1. The van der Waals surface area contributed by atoms with Gasteiger partial charge in [0.05, 0.1) is 22.9 Å². The normalized spacial score (nSPS) is 19.9. The molecule has 0 saturated carbocycles. The summed E-state index contributed by atoms with van der Waals surface area (Å²) in [5.74, 6) is 0.478. The SMILES string of the molecule is COCC1CCN(c2cccc(S(C)(=O)=O)c2N)C1. The van der Waals surface area contributed by atoms with Crippen LogP contribution in [0.25, 0.3) is 0 Å². The molecule has 6 heteroatoms. The number of methoxy groups -OCH3 is 1. The Bertz CT molecular complexity index is 557. The zero-order valence-electron chi connectivity index (χ0n) is 11.3. The molecule has 106 valence electrons. The maximum absolute atomic E-state index is 11.7. The minimum Gasteiger partial charge on any atom is -0.396 e. The van der Waals surface area contributed by atoms with Gasteiger partial charge in [-0.2, -0.15) is 0 Å². The number of hydrogen-bond donors (Lipinski definition) is 1. The van der Waals surface area contributed by atoms with E-state index >= 15 is 0 Å². The molecule has 2 rings (SSSR count). The molecule has 0 aliphatic carbocycles. The molecule has 1 atom stereocenters. The summed E-state index contributed by atoms with van der Waals surface area (Å²) in [5.41, 5.74) is 7.17. The van der Waals surface area contributed by atoms with Crippen molar-refractivity contribution in [3.63, 3.8) is 0 Å². The maximum Gasteiger partial charge on any atom is 0.177 e. The number of benzene rings is 1. The highest BCUT2D eigenvalue weighted by Crippen LogP contribution is 2.33. The lowest BCUT2D eigenvalue weighted by Gasteiger charge is -2.21. The molecule has 1 unspecified atom stereocenters. The van der Waals surface area contributed by atoms with Gasteiger partial charge in [-0.05, 0) is 18.6 Å². The minimum absolute atomic E-state index is 0.209. The Kier molecular flexibility index (Phi) is 4.01. The van der Waals surface area contributed by atoms with Crippen molar-refractivity contribution in [3.8, 4) is 0 Å². The molecule has 0 radical (unpaired) electrons. The molecule has 0 bridgehead atoms. The standard InChI is InChI=1S/C13H20N2O3S/c1-18-9-10-6-7-15(8-10)11-4-3-5-12(13(11)14)19(2,16)17/h3-5,10H,6-9,14H2,1-2H3. The third-order valence-electron chi connectivity index (χ3n) is 3.47. The first-order chi connectivity index (χ1) is 8.93. The van der Waals surface area contributed by atoms with E-state index in [4.69, 9.17) is 10.5 Å². The van der Waals surface area contributed by atoms with Gasteiger partial charge in [0.2, 0.25) is 0 Å². The second kappa shape index (κ2) is 5.38. The predicted octanol–water partition coefficient (Wildman–Crippen LogP) is 1.15. The highest BCUT2D eigenvalue weighted by Gasteiger charge is 2.25. The van der Waals surface area contributed by atoms with Crippen molar-refractivity contribution in [1.82, 2.24) is 0 Å². The molecule has 1 saturated heterocycles. The third-order valence-corrected chi connectivity index (χ3v) is 4.63. The van der Waals surface area contributed by atoms with Crippen LogP contribution < -0.4 is 10.6 Å². The van der Waals surface area contributed by atoms with Crippen LogP contribution in [0.15, 0.2) is 23.1 Å². The van der Waals surface area contributed by atoms with Gasteiger partial charge in [0.15, 0.2) is 9.84 Å². The van der Waals surface area contributed by atoms with Crippen LogP contribution in [-0.4, -0.2) is 41.5 Å². The highest BCUT2D eigenvalue weighted by molar-refractivity contribution is 7.90. The van der Waals surface area contributed by atoms with Gasteiger partial charge >= 0.3 is 0 Å². The largest absolute Gasteiger partial charge is 0.396 e. The molecule has 19 heavy (non-hydrogen) atoms. The molecule has 0 spiro atoms. The maximum atomic E-state index is 11.7. The van der Waals surface area contributed by atoms with Crippen molar-refractivity contribution in [1.29, 1.82) is 0 Å². The second-order valence-corrected chi connectivity index (χ2v) is 7.00. The van der Waals surface area contributed by atoms with Crippen LogP contribution in [0.5, 0.6) is 0 Å². The Morgan fingerprint density at radius 2 is 2.21 bits per heavy atom. The number of ether oxygens (including phenoxy) is 1. The van der Waals surface area contributed by atoms with Crippen LogP contribution in [0.4, 0.5) is 11.4 Å². The molecule has 1 aromatic rings. The van der Waals surface area contributed by atoms with Crippen LogP contribution in [0, 0.1) is 5.92 Å². The fraction of sp³-hybridized carbons (Fsp3) is 0.538. The molecule has 1 aromatic carbocycles. The Morgan fingerprint density at radius 1 is 1.47 bits per heavy atom. The number of sulfone groups is 1. The first-order valence-electron chi connectivity index (χ1n) is 6.26. The van der Waals surface area contributed by atoms with Crippen LogP contribution in [0.3, 0.4) is 0 Å². The summed E-state index contributed by atoms with van der Waals surface area (Å²) in [7, 11) is -1.59. The lowest BCUT2D eigenvalue weighted by molar-refractivity contribution is 0.161. The van der Waals surface area contributed by atoms with E-state index in [0.717, 1.165) is 31.8 Å². The lowest BCUT2D eigenvalue weighted by Crippen LogP contribution is -2.22. The fourth-order valence-electron chi connectivity index (χ4n) is 2.55. The molecule has 0 amide bonds. The lowest BCUT2D eigenvalue weighted by atomic mass is 10.1. The molecule has 0 aromatic heterocycles. The Labute approximate surface area is 114 Å². The van der Waals surface area contributed by atoms with Crippen LogP contribution in [0.1, 0.15) is 6.42 Å². The van der Waals surface area contributed by atoms with E-state index in [1.807, 2.05) is 6.07 Å². The van der Waals surface area contributed by atoms with Gasteiger partial charge in [0.25, 0.3) is 0 Å². The van der Waals surface area contributed by atoms with Crippen molar-refractivity contribution >= 4 is 21.2 Å². The summed E-state index contributed by atoms with van der Waals surface area (Å²) in [6.07, 6.45) is 2.22. The minimum atomic E-state index is -3.29. The van der Waals surface area contributed by atoms with Crippen LogP contribution in [-0.2, 0) is 14.6 Å². The number of nitrogens with two attached hydrogens (primary N) is 1.